The standard InChI is InChI=1S/C16H23NO3.C2HF3O2/c1-2-13(1)7-19-11-16-10-17(5-14-3-4-18-8-14)6-15(16)9-20-12-16;3-2(4,5)1(6)7/h3-4,8,13,15H,1-2,5-7,9-12H2;(H,6,7)/t15-,16-;/m1./s1. The maximum Gasteiger partial charge on any atom is 0.490 e. The van der Waals surface area contributed by atoms with Gasteiger partial charge in [0.2, 0.25) is 0 Å². The van der Waals surface area contributed by atoms with Gasteiger partial charge in [-0.1, -0.05) is 0 Å². The zero-order chi connectivity index (χ0) is 19.5. The van der Waals surface area contributed by atoms with Gasteiger partial charge in [0, 0.05) is 43.1 Å². The van der Waals surface area contributed by atoms with Crippen molar-refractivity contribution in [2.75, 3.05) is 39.5 Å². The molecule has 0 spiro atoms. The number of aliphatic carboxylic acids is 1. The van der Waals surface area contributed by atoms with Crippen LogP contribution in [-0.2, 0) is 20.8 Å². The molecule has 2 saturated heterocycles. The van der Waals surface area contributed by atoms with Gasteiger partial charge in [0.05, 0.1) is 32.3 Å². The molecule has 9 heteroatoms. The van der Waals surface area contributed by atoms with Gasteiger partial charge in [-0.15, -0.1) is 0 Å². The number of carboxylic acid groups (broad SMARTS) is 1. The number of rotatable bonds is 6. The molecule has 3 fully saturated rings. The Morgan fingerprint density at radius 2 is 2.15 bits per heavy atom. The first-order valence-corrected chi connectivity index (χ1v) is 8.97. The highest BCUT2D eigenvalue weighted by Gasteiger charge is 2.50. The Morgan fingerprint density at radius 1 is 1.41 bits per heavy atom. The summed E-state index contributed by atoms with van der Waals surface area (Å²) in [5, 5.41) is 7.12. The number of carbonyl (C=O) groups is 1. The van der Waals surface area contributed by atoms with Crippen LogP contribution in [-0.4, -0.2) is 61.7 Å². The van der Waals surface area contributed by atoms with Crippen LogP contribution in [0.5, 0.6) is 0 Å². The third kappa shape index (κ3) is 5.46. The van der Waals surface area contributed by atoms with E-state index in [2.05, 4.69) is 11.0 Å². The molecule has 4 rings (SSSR count). The molecule has 1 aliphatic carbocycles. The van der Waals surface area contributed by atoms with Gasteiger partial charge in [-0.05, 0) is 24.8 Å². The van der Waals surface area contributed by atoms with Crippen molar-refractivity contribution in [3.8, 4) is 0 Å². The molecule has 27 heavy (non-hydrogen) atoms. The summed E-state index contributed by atoms with van der Waals surface area (Å²) in [6.45, 7) is 6.79. The van der Waals surface area contributed by atoms with Crippen molar-refractivity contribution in [1.82, 2.24) is 4.90 Å². The zero-order valence-electron chi connectivity index (χ0n) is 14.9. The number of fused-ring (bicyclic) bond motifs is 1. The Kier molecular flexibility index (Phi) is 6.12. The summed E-state index contributed by atoms with van der Waals surface area (Å²) in [4.78, 5) is 11.4. The average molecular weight is 391 g/mol. The Balaban J connectivity index is 0.000000260. The molecule has 3 heterocycles. The van der Waals surface area contributed by atoms with Crippen molar-refractivity contribution in [2.45, 2.75) is 25.6 Å². The number of furan rings is 1. The number of alkyl halides is 3. The zero-order valence-corrected chi connectivity index (χ0v) is 14.9. The van der Waals surface area contributed by atoms with E-state index in [1.54, 1.807) is 6.26 Å². The van der Waals surface area contributed by atoms with Gasteiger partial charge in [-0.3, -0.25) is 4.90 Å². The molecule has 2 aliphatic heterocycles. The minimum Gasteiger partial charge on any atom is -0.475 e. The van der Waals surface area contributed by atoms with Gasteiger partial charge in [0.15, 0.2) is 0 Å². The highest BCUT2D eigenvalue weighted by Crippen LogP contribution is 2.42. The predicted octanol–water partition coefficient (Wildman–Crippen LogP) is 2.79. The highest BCUT2D eigenvalue weighted by atomic mass is 19.4. The third-order valence-electron chi connectivity index (χ3n) is 5.26. The van der Waals surface area contributed by atoms with Crippen molar-refractivity contribution < 1.29 is 37.0 Å². The summed E-state index contributed by atoms with van der Waals surface area (Å²) in [5.41, 5.74) is 1.50. The van der Waals surface area contributed by atoms with Crippen molar-refractivity contribution in [3.05, 3.63) is 24.2 Å². The molecule has 6 nitrogen and oxygen atoms in total. The molecule has 1 saturated carbocycles. The molecule has 0 aromatic carbocycles. The Morgan fingerprint density at radius 3 is 2.74 bits per heavy atom. The van der Waals surface area contributed by atoms with Crippen LogP contribution in [0.1, 0.15) is 18.4 Å². The monoisotopic (exact) mass is 391 g/mol. The summed E-state index contributed by atoms with van der Waals surface area (Å²) in [5.74, 6) is -1.28. The van der Waals surface area contributed by atoms with E-state index >= 15 is 0 Å². The molecule has 3 aliphatic rings. The fraction of sp³-hybridized carbons (Fsp3) is 0.722. The molecule has 0 amide bonds. The van der Waals surface area contributed by atoms with Crippen LogP contribution >= 0.6 is 0 Å². The van der Waals surface area contributed by atoms with Crippen molar-refractivity contribution in [3.63, 3.8) is 0 Å². The van der Waals surface area contributed by atoms with Gasteiger partial charge in [-0.2, -0.15) is 13.2 Å². The topological polar surface area (TPSA) is 72.1 Å². The van der Waals surface area contributed by atoms with E-state index in [1.807, 2.05) is 6.26 Å². The average Bonchev–Trinajstić information content (AvgIpc) is 2.97. The maximum atomic E-state index is 10.6. The minimum atomic E-state index is -5.08. The van der Waals surface area contributed by atoms with E-state index in [0.29, 0.717) is 5.92 Å². The predicted molar refractivity (Wildman–Crippen MR) is 88.0 cm³/mol. The Labute approximate surface area is 155 Å². The van der Waals surface area contributed by atoms with Gasteiger partial charge in [0.25, 0.3) is 0 Å². The van der Waals surface area contributed by atoms with E-state index in [0.717, 1.165) is 52.0 Å². The SMILES string of the molecule is O=C(O)C(F)(F)F.c1cc(CN2C[C@@H]3COC[C@]3(COCC3CC3)C2)co1. The first-order valence-electron chi connectivity index (χ1n) is 8.97. The van der Waals surface area contributed by atoms with Crippen molar-refractivity contribution in [1.29, 1.82) is 0 Å². The van der Waals surface area contributed by atoms with Gasteiger partial charge < -0.3 is 19.0 Å². The lowest BCUT2D eigenvalue weighted by atomic mass is 9.82. The van der Waals surface area contributed by atoms with Crippen LogP contribution in [0.15, 0.2) is 23.0 Å². The van der Waals surface area contributed by atoms with E-state index in [1.165, 1.54) is 18.4 Å². The molecule has 0 unspecified atom stereocenters. The number of likely N-dealkylation sites (tertiary alicyclic amines) is 1. The minimum absolute atomic E-state index is 0.235. The van der Waals surface area contributed by atoms with Crippen LogP contribution in [0.4, 0.5) is 13.2 Å². The lowest BCUT2D eigenvalue weighted by Crippen LogP contribution is -2.35. The second-order valence-corrected chi connectivity index (χ2v) is 7.64. The number of hydrogen-bond donors (Lipinski definition) is 1. The molecule has 2 atom stereocenters. The number of halogens is 3. The van der Waals surface area contributed by atoms with E-state index < -0.39 is 12.1 Å². The molecular weight excluding hydrogens is 367 g/mol. The fourth-order valence-corrected chi connectivity index (χ4v) is 3.62. The second kappa shape index (κ2) is 8.20. The van der Waals surface area contributed by atoms with Crippen molar-refractivity contribution >= 4 is 5.97 Å². The number of ether oxygens (including phenoxy) is 2. The Hall–Kier alpha value is -1.58. The maximum absolute atomic E-state index is 10.6. The Bertz CT molecular complexity index is 617. The molecule has 152 valence electrons. The van der Waals surface area contributed by atoms with Gasteiger partial charge in [-0.25, -0.2) is 4.79 Å². The van der Waals surface area contributed by atoms with E-state index in [-0.39, 0.29) is 5.41 Å². The summed E-state index contributed by atoms with van der Waals surface area (Å²) >= 11 is 0. The number of nitrogens with zero attached hydrogens (tertiary/aromatic N) is 1. The second-order valence-electron chi connectivity index (χ2n) is 7.64. The number of hydrogen-bond acceptors (Lipinski definition) is 5. The normalized spacial score (nSPS) is 27.9. The molecule has 1 aromatic heterocycles. The fourth-order valence-electron chi connectivity index (χ4n) is 3.62. The molecule has 0 bridgehead atoms. The summed E-state index contributed by atoms with van der Waals surface area (Å²) in [6.07, 6.45) is 1.24. The van der Waals surface area contributed by atoms with E-state index in [9.17, 15) is 13.2 Å². The first kappa shape index (κ1) is 20.2. The van der Waals surface area contributed by atoms with Gasteiger partial charge >= 0.3 is 12.1 Å². The van der Waals surface area contributed by atoms with Crippen LogP contribution < -0.4 is 0 Å². The molecular formula is C18H24F3NO5. The largest absolute Gasteiger partial charge is 0.490 e. The lowest BCUT2D eigenvalue weighted by molar-refractivity contribution is -0.192. The lowest BCUT2D eigenvalue weighted by Gasteiger charge is -2.27. The van der Waals surface area contributed by atoms with Crippen LogP contribution in [0.25, 0.3) is 0 Å². The molecule has 0 radical (unpaired) electrons. The van der Waals surface area contributed by atoms with Crippen LogP contribution in [0.3, 0.4) is 0 Å². The van der Waals surface area contributed by atoms with Crippen molar-refractivity contribution in [2.24, 2.45) is 17.3 Å². The summed E-state index contributed by atoms with van der Waals surface area (Å²) in [7, 11) is 0. The van der Waals surface area contributed by atoms with Crippen LogP contribution in [0, 0.1) is 17.3 Å². The third-order valence-corrected chi connectivity index (χ3v) is 5.26. The summed E-state index contributed by atoms with van der Waals surface area (Å²) in [6, 6.07) is 2.06. The first-order chi connectivity index (χ1) is 12.8. The number of carboxylic acids is 1. The molecule has 1 N–H and O–H groups in total. The quantitative estimate of drug-likeness (QED) is 0.804. The highest BCUT2D eigenvalue weighted by molar-refractivity contribution is 5.73. The van der Waals surface area contributed by atoms with Gasteiger partial charge in [0.1, 0.15) is 0 Å². The smallest absolute Gasteiger partial charge is 0.475 e. The van der Waals surface area contributed by atoms with Crippen LogP contribution in [0.2, 0.25) is 0 Å². The summed E-state index contributed by atoms with van der Waals surface area (Å²) < 4.78 is 48.7. The van der Waals surface area contributed by atoms with E-state index in [4.69, 9.17) is 23.8 Å². The molecule has 1 aromatic rings.